The lowest BCUT2D eigenvalue weighted by atomic mass is 9.77. The Morgan fingerprint density at radius 2 is 1.29 bits per heavy atom. The van der Waals surface area contributed by atoms with Crippen LogP contribution in [0.25, 0.3) is 11.1 Å². The summed E-state index contributed by atoms with van der Waals surface area (Å²) in [5, 5.41) is 0. The van der Waals surface area contributed by atoms with Crippen LogP contribution in [-0.2, 0) is 19.1 Å². The van der Waals surface area contributed by atoms with Crippen molar-refractivity contribution in [2.75, 3.05) is 20.3 Å². The number of piperidine rings is 1. The van der Waals surface area contributed by atoms with E-state index in [1.165, 1.54) is 68.1 Å². The first-order valence-corrected chi connectivity index (χ1v) is 19.4. The molecule has 6 nitrogen and oxygen atoms in total. The van der Waals surface area contributed by atoms with E-state index in [0.717, 1.165) is 56.1 Å². The SMILES string of the molecule is CCCCCC1CCC(c2ccc(-c3ccc(OCCCCCCOC(=O)CCC(=O)OC4CC(C)(C)N(C)C(C)(C)C4)cc3)cc2)CC1. The Morgan fingerprint density at radius 1 is 0.714 bits per heavy atom. The maximum Gasteiger partial charge on any atom is 0.306 e. The molecule has 1 saturated heterocycles. The summed E-state index contributed by atoms with van der Waals surface area (Å²) in [4.78, 5) is 26.9. The van der Waals surface area contributed by atoms with E-state index in [-0.39, 0.29) is 42.0 Å². The van der Waals surface area contributed by atoms with Gasteiger partial charge in [0.15, 0.2) is 0 Å². The highest BCUT2D eigenvalue weighted by atomic mass is 16.5. The van der Waals surface area contributed by atoms with Crippen molar-refractivity contribution in [3.05, 3.63) is 54.1 Å². The first-order chi connectivity index (χ1) is 23.5. The average molecular weight is 676 g/mol. The Kier molecular flexibility index (Phi) is 15.1. The lowest BCUT2D eigenvalue weighted by Crippen LogP contribution is -2.60. The van der Waals surface area contributed by atoms with Gasteiger partial charge in [0.25, 0.3) is 0 Å². The lowest BCUT2D eigenvalue weighted by molar-refractivity contribution is -0.161. The zero-order valence-corrected chi connectivity index (χ0v) is 31.6. The summed E-state index contributed by atoms with van der Waals surface area (Å²) in [7, 11) is 2.13. The van der Waals surface area contributed by atoms with Crippen LogP contribution >= 0.6 is 0 Å². The molecule has 0 atom stereocenters. The van der Waals surface area contributed by atoms with Crippen molar-refractivity contribution < 1.29 is 23.8 Å². The van der Waals surface area contributed by atoms with Gasteiger partial charge in [0.1, 0.15) is 11.9 Å². The summed E-state index contributed by atoms with van der Waals surface area (Å²) < 4.78 is 17.1. The van der Waals surface area contributed by atoms with E-state index in [1.54, 1.807) is 0 Å². The maximum atomic E-state index is 12.4. The fourth-order valence-electron chi connectivity index (χ4n) is 7.98. The van der Waals surface area contributed by atoms with Crippen LogP contribution in [-0.4, -0.2) is 54.3 Å². The van der Waals surface area contributed by atoms with Gasteiger partial charge in [-0.15, -0.1) is 0 Å². The van der Waals surface area contributed by atoms with Gasteiger partial charge in [-0.2, -0.15) is 0 Å². The molecule has 0 N–H and O–H groups in total. The second kappa shape index (κ2) is 18.9. The van der Waals surface area contributed by atoms with Gasteiger partial charge in [0.05, 0.1) is 26.1 Å². The van der Waals surface area contributed by atoms with E-state index >= 15 is 0 Å². The molecule has 272 valence electrons. The van der Waals surface area contributed by atoms with Crippen molar-refractivity contribution in [2.45, 2.75) is 160 Å². The summed E-state index contributed by atoms with van der Waals surface area (Å²) in [5.41, 5.74) is 3.87. The predicted molar refractivity (Wildman–Crippen MR) is 200 cm³/mol. The minimum atomic E-state index is -0.334. The number of rotatable bonds is 18. The van der Waals surface area contributed by atoms with Crippen molar-refractivity contribution in [3.63, 3.8) is 0 Å². The molecule has 2 fully saturated rings. The Balaban J connectivity index is 1.03. The Morgan fingerprint density at radius 3 is 1.90 bits per heavy atom. The molecule has 2 aliphatic rings. The number of nitrogens with zero attached hydrogens (tertiary/aromatic N) is 1. The van der Waals surface area contributed by atoms with Gasteiger partial charge in [-0.1, -0.05) is 69.0 Å². The van der Waals surface area contributed by atoms with E-state index in [2.05, 4.69) is 95.1 Å². The molecule has 6 heteroatoms. The number of benzene rings is 2. The predicted octanol–water partition coefficient (Wildman–Crippen LogP) is 10.7. The first kappa shape index (κ1) is 38.9. The maximum absolute atomic E-state index is 12.4. The average Bonchev–Trinajstić information content (AvgIpc) is 3.08. The zero-order valence-electron chi connectivity index (χ0n) is 31.6. The number of unbranched alkanes of at least 4 members (excludes halogenated alkanes) is 5. The van der Waals surface area contributed by atoms with Crippen molar-refractivity contribution in [1.82, 2.24) is 4.90 Å². The van der Waals surface area contributed by atoms with Crippen LogP contribution in [0.15, 0.2) is 48.5 Å². The van der Waals surface area contributed by atoms with Crippen molar-refractivity contribution >= 4 is 11.9 Å². The molecule has 2 aromatic carbocycles. The molecule has 1 aliphatic heterocycles. The third-order valence-electron chi connectivity index (χ3n) is 11.3. The van der Waals surface area contributed by atoms with Gasteiger partial charge in [0.2, 0.25) is 0 Å². The van der Waals surface area contributed by atoms with Crippen LogP contribution in [0.3, 0.4) is 0 Å². The Bertz CT molecular complexity index is 1260. The molecular weight excluding hydrogens is 610 g/mol. The van der Waals surface area contributed by atoms with Crippen LogP contribution < -0.4 is 4.74 Å². The molecule has 0 radical (unpaired) electrons. The van der Waals surface area contributed by atoms with Crippen molar-refractivity contribution in [2.24, 2.45) is 5.92 Å². The van der Waals surface area contributed by atoms with Crippen LogP contribution in [0.2, 0.25) is 0 Å². The third-order valence-corrected chi connectivity index (χ3v) is 11.3. The van der Waals surface area contributed by atoms with Crippen LogP contribution in [0.5, 0.6) is 5.75 Å². The molecule has 1 aliphatic carbocycles. The smallest absolute Gasteiger partial charge is 0.306 e. The quantitative estimate of drug-likeness (QED) is 0.116. The summed E-state index contributed by atoms with van der Waals surface area (Å²) in [6.45, 7) is 12.1. The van der Waals surface area contributed by atoms with E-state index < -0.39 is 0 Å². The molecule has 49 heavy (non-hydrogen) atoms. The molecule has 0 unspecified atom stereocenters. The molecule has 1 saturated carbocycles. The normalized spacial score (nSPS) is 20.9. The number of carbonyl (C=O) groups is 2. The first-order valence-electron chi connectivity index (χ1n) is 19.4. The minimum absolute atomic E-state index is 0.0526. The molecular formula is C43H65NO5. The second-order valence-corrected chi connectivity index (χ2v) is 16.0. The highest BCUT2D eigenvalue weighted by Crippen LogP contribution is 2.39. The van der Waals surface area contributed by atoms with Gasteiger partial charge in [-0.25, -0.2) is 0 Å². The largest absolute Gasteiger partial charge is 0.494 e. The van der Waals surface area contributed by atoms with E-state index in [1.807, 2.05) is 0 Å². The zero-order chi connectivity index (χ0) is 35.3. The third kappa shape index (κ3) is 12.5. The fourth-order valence-corrected chi connectivity index (χ4v) is 7.98. The minimum Gasteiger partial charge on any atom is -0.494 e. The number of hydrogen-bond acceptors (Lipinski definition) is 6. The molecule has 1 heterocycles. The van der Waals surface area contributed by atoms with Crippen LogP contribution in [0, 0.1) is 5.92 Å². The van der Waals surface area contributed by atoms with Gasteiger partial charge < -0.3 is 14.2 Å². The molecule has 0 aromatic heterocycles. The van der Waals surface area contributed by atoms with Crippen molar-refractivity contribution in [3.8, 4) is 16.9 Å². The van der Waals surface area contributed by atoms with Gasteiger partial charge >= 0.3 is 11.9 Å². The van der Waals surface area contributed by atoms with Crippen LogP contribution in [0.4, 0.5) is 0 Å². The van der Waals surface area contributed by atoms with E-state index in [4.69, 9.17) is 14.2 Å². The molecule has 4 rings (SSSR count). The monoisotopic (exact) mass is 675 g/mol. The number of hydrogen-bond donors (Lipinski definition) is 0. The van der Waals surface area contributed by atoms with Gasteiger partial charge in [-0.05, 0) is 127 Å². The highest BCUT2D eigenvalue weighted by molar-refractivity contribution is 5.77. The molecule has 2 aromatic rings. The summed E-state index contributed by atoms with van der Waals surface area (Å²) >= 11 is 0. The van der Waals surface area contributed by atoms with Gasteiger partial charge in [-0.3, -0.25) is 14.5 Å². The summed E-state index contributed by atoms with van der Waals surface area (Å²) in [5.74, 6) is 1.92. The number of carbonyl (C=O) groups excluding carboxylic acids is 2. The standard InChI is InChI=1S/C43H65NO5/c1-7-8-11-14-33-15-17-34(18-16-33)35-19-21-36(22-20-35)37-23-25-38(26-24-37)47-29-12-9-10-13-30-48-40(45)27-28-41(46)49-39-31-42(2,3)44(6)43(4,5)32-39/h19-26,33-34,39H,7-18,27-32H2,1-6H3. The van der Waals surface area contributed by atoms with E-state index in [9.17, 15) is 9.59 Å². The Hall–Kier alpha value is -2.86. The van der Waals surface area contributed by atoms with Crippen LogP contribution in [0.1, 0.15) is 149 Å². The summed E-state index contributed by atoms with van der Waals surface area (Å²) in [6, 6.07) is 17.7. The number of ether oxygens (including phenoxy) is 3. The number of esters is 2. The topological polar surface area (TPSA) is 65.1 Å². The highest BCUT2D eigenvalue weighted by Gasteiger charge is 2.44. The second-order valence-electron chi connectivity index (χ2n) is 16.0. The number of likely N-dealkylation sites (tertiary alicyclic amines) is 1. The Labute approximate surface area is 297 Å². The summed E-state index contributed by atoms with van der Waals surface area (Å²) in [6.07, 6.45) is 16.3. The van der Waals surface area contributed by atoms with Crippen molar-refractivity contribution in [1.29, 1.82) is 0 Å². The fraction of sp³-hybridized carbons (Fsp3) is 0.674. The molecule has 0 spiro atoms. The van der Waals surface area contributed by atoms with E-state index in [0.29, 0.717) is 13.2 Å². The van der Waals surface area contributed by atoms with Gasteiger partial charge in [0, 0.05) is 23.9 Å². The molecule has 0 bridgehead atoms. The molecule has 0 amide bonds. The lowest BCUT2D eigenvalue weighted by Gasteiger charge is -2.53.